The Kier molecular flexibility index (Phi) is 11.1. The molecule has 0 amide bonds. The van der Waals surface area contributed by atoms with Gasteiger partial charge in [0.25, 0.3) is 0 Å². The Bertz CT molecular complexity index is 629. The summed E-state index contributed by atoms with van der Waals surface area (Å²) >= 11 is 0. The van der Waals surface area contributed by atoms with Crippen molar-refractivity contribution in [3.05, 3.63) is 12.2 Å². The number of ether oxygens (including phenoxy) is 6. The molecule has 10 heteroatoms. The highest BCUT2D eigenvalue weighted by Crippen LogP contribution is 2.30. The maximum Gasteiger partial charge on any atom is 0.303 e. The van der Waals surface area contributed by atoms with Crippen LogP contribution in [0.2, 0.25) is 0 Å². The average Bonchev–Trinajstić information content (AvgIpc) is 2.63. The second-order valence-corrected chi connectivity index (χ2v) is 6.61. The summed E-state index contributed by atoms with van der Waals surface area (Å²) in [4.78, 5) is 46.3. The van der Waals surface area contributed by atoms with Crippen LogP contribution in [0.4, 0.5) is 0 Å². The van der Waals surface area contributed by atoms with Crippen molar-refractivity contribution in [3.8, 4) is 0 Å². The van der Waals surface area contributed by atoms with E-state index in [-0.39, 0.29) is 13.2 Å². The van der Waals surface area contributed by atoms with Crippen LogP contribution in [0.5, 0.6) is 0 Å². The zero-order chi connectivity index (χ0) is 22.7. The Morgan fingerprint density at radius 3 is 1.90 bits per heavy atom. The Balaban J connectivity index is 3.17. The molecule has 5 atom stereocenters. The van der Waals surface area contributed by atoms with Crippen LogP contribution in [0.3, 0.4) is 0 Å². The van der Waals surface area contributed by atoms with Crippen LogP contribution in [0.1, 0.15) is 47.5 Å². The number of esters is 4. The molecule has 1 saturated heterocycles. The summed E-state index contributed by atoms with van der Waals surface area (Å²) in [5.74, 6) is -2.61. The van der Waals surface area contributed by atoms with Crippen molar-refractivity contribution < 1.29 is 47.6 Å². The molecule has 1 aliphatic heterocycles. The molecule has 170 valence electrons. The highest BCUT2D eigenvalue weighted by molar-refractivity contribution is 5.68. The summed E-state index contributed by atoms with van der Waals surface area (Å²) in [7, 11) is 0. The number of allylic oxidation sites excluding steroid dienone is 1. The van der Waals surface area contributed by atoms with Crippen LogP contribution in [-0.4, -0.2) is 67.8 Å². The van der Waals surface area contributed by atoms with E-state index in [0.29, 0.717) is 6.42 Å². The predicted molar refractivity (Wildman–Crippen MR) is 102 cm³/mol. The number of carbonyl (C=O) groups is 4. The molecule has 0 aliphatic carbocycles. The predicted octanol–water partition coefficient (Wildman–Crippen LogP) is 1.44. The third-order valence-corrected chi connectivity index (χ3v) is 3.92. The quantitative estimate of drug-likeness (QED) is 0.218. The third-order valence-electron chi connectivity index (χ3n) is 3.92. The average molecular weight is 430 g/mol. The number of hydrogen-bond acceptors (Lipinski definition) is 10. The molecule has 0 bridgehead atoms. The molecule has 0 saturated carbocycles. The second-order valence-electron chi connectivity index (χ2n) is 6.61. The Hall–Kier alpha value is -2.46. The van der Waals surface area contributed by atoms with E-state index in [9.17, 15) is 19.2 Å². The molecule has 1 fully saturated rings. The molecule has 0 spiro atoms. The monoisotopic (exact) mass is 430 g/mol. The van der Waals surface area contributed by atoms with E-state index >= 15 is 0 Å². The molecule has 0 aromatic rings. The van der Waals surface area contributed by atoms with Gasteiger partial charge in [-0.15, -0.1) is 0 Å². The molecule has 0 radical (unpaired) electrons. The molecule has 10 nitrogen and oxygen atoms in total. The van der Waals surface area contributed by atoms with Crippen molar-refractivity contribution >= 4 is 23.9 Å². The van der Waals surface area contributed by atoms with E-state index in [2.05, 4.69) is 0 Å². The molecule has 1 heterocycles. The van der Waals surface area contributed by atoms with Crippen molar-refractivity contribution in [1.82, 2.24) is 0 Å². The number of rotatable bonds is 10. The van der Waals surface area contributed by atoms with E-state index < -0.39 is 54.6 Å². The van der Waals surface area contributed by atoms with Crippen molar-refractivity contribution in [2.45, 2.75) is 78.2 Å². The molecule has 1 aliphatic rings. The van der Waals surface area contributed by atoms with Crippen LogP contribution in [0.15, 0.2) is 12.2 Å². The summed E-state index contributed by atoms with van der Waals surface area (Å²) in [6.07, 6.45) is -0.414. The van der Waals surface area contributed by atoms with Gasteiger partial charge < -0.3 is 28.4 Å². The molecule has 30 heavy (non-hydrogen) atoms. The summed E-state index contributed by atoms with van der Waals surface area (Å²) < 4.78 is 32.4. The molecule has 0 aromatic heterocycles. The van der Waals surface area contributed by atoms with Gasteiger partial charge in [0, 0.05) is 27.7 Å². The van der Waals surface area contributed by atoms with Gasteiger partial charge in [-0.05, 0) is 12.8 Å². The van der Waals surface area contributed by atoms with Gasteiger partial charge in [-0.1, -0.05) is 19.1 Å². The maximum absolute atomic E-state index is 11.7. The standard InChI is InChI=1S/C20H30O10/c1-6-7-8-9-10-25-20-19(29-15(5)24)18(28-14(4)23)17(27-13(3)22)16(30-20)11-26-12(2)21/h7-8,16-20H,6,9-11H2,1-5H3. The smallest absolute Gasteiger partial charge is 0.303 e. The van der Waals surface area contributed by atoms with E-state index in [0.717, 1.165) is 20.3 Å². The maximum atomic E-state index is 11.7. The minimum absolute atomic E-state index is 0.226. The lowest BCUT2D eigenvalue weighted by Gasteiger charge is -2.44. The fraction of sp³-hybridized carbons (Fsp3) is 0.700. The van der Waals surface area contributed by atoms with Gasteiger partial charge >= 0.3 is 23.9 Å². The van der Waals surface area contributed by atoms with E-state index in [1.807, 2.05) is 19.1 Å². The fourth-order valence-electron chi connectivity index (χ4n) is 2.86. The van der Waals surface area contributed by atoms with Gasteiger partial charge in [0.15, 0.2) is 24.6 Å². The van der Waals surface area contributed by atoms with Gasteiger partial charge in [-0.2, -0.15) is 0 Å². The summed E-state index contributed by atoms with van der Waals surface area (Å²) in [5, 5.41) is 0. The largest absolute Gasteiger partial charge is 0.463 e. The van der Waals surface area contributed by atoms with E-state index in [4.69, 9.17) is 28.4 Å². The van der Waals surface area contributed by atoms with Crippen LogP contribution >= 0.6 is 0 Å². The van der Waals surface area contributed by atoms with Gasteiger partial charge in [-0.25, -0.2) is 0 Å². The first kappa shape index (κ1) is 25.6. The number of hydrogen-bond donors (Lipinski definition) is 0. The SMILES string of the molecule is CCC=CCCOC1OC(COC(C)=O)C(OC(C)=O)C(OC(C)=O)C1OC(C)=O. The second kappa shape index (κ2) is 13.0. The minimum atomic E-state index is -1.22. The van der Waals surface area contributed by atoms with Crippen molar-refractivity contribution in [3.63, 3.8) is 0 Å². The van der Waals surface area contributed by atoms with E-state index in [1.165, 1.54) is 13.8 Å². The highest BCUT2D eigenvalue weighted by atomic mass is 16.7. The zero-order valence-electron chi connectivity index (χ0n) is 18.0. The molecule has 1 rings (SSSR count). The van der Waals surface area contributed by atoms with Gasteiger partial charge in [-0.3, -0.25) is 19.2 Å². The van der Waals surface area contributed by atoms with Crippen LogP contribution in [-0.2, 0) is 47.6 Å². The first-order chi connectivity index (χ1) is 14.1. The van der Waals surface area contributed by atoms with Crippen LogP contribution < -0.4 is 0 Å². The Labute approximate surface area is 175 Å². The lowest BCUT2D eigenvalue weighted by Crippen LogP contribution is -2.63. The van der Waals surface area contributed by atoms with Gasteiger partial charge in [0.1, 0.15) is 12.7 Å². The first-order valence-corrected chi connectivity index (χ1v) is 9.72. The molecular formula is C20H30O10. The Morgan fingerprint density at radius 1 is 0.800 bits per heavy atom. The van der Waals surface area contributed by atoms with E-state index in [1.54, 1.807) is 0 Å². The lowest BCUT2D eigenvalue weighted by atomic mass is 9.98. The molecule has 5 unspecified atom stereocenters. The van der Waals surface area contributed by atoms with Crippen molar-refractivity contribution in [2.24, 2.45) is 0 Å². The molecule has 0 N–H and O–H groups in total. The summed E-state index contributed by atoms with van der Waals surface area (Å²) in [6, 6.07) is 0. The van der Waals surface area contributed by atoms with Crippen molar-refractivity contribution in [2.75, 3.05) is 13.2 Å². The van der Waals surface area contributed by atoms with Crippen LogP contribution in [0, 0.1) is 0 Å². The normalized spacial score (nSPS) is 26.1. The van der Waals surface area contributed by atoms with Crippen molar-refractivity contribution in [1.29, 1.82) is 0 Å². The van der Waals surface area contributed by atoms with Gasteiger partial charge in [0.2, 0.25) is 0 Å². The molecule has 0 aromatic carbocycles. The lowest BCUT2D eigenvalue weighted by molar-refractivity contribution is -0.307. The summed E-state index contributed by atoms with van der Waals surface area (Å²) in [6.45, 7) is 6.66. The van der Waals surface area contributed by atoms with Gasteiger partial charge in [0.05, 0.1) is 6.61 Å². The first-order valence-electron chi connectivity index (χ1n) is 9.72. The fourth-order valence-corrected chi connectivity index (χ4v) is 2.86. The number of carbonyl (C=O) groups excluding carboxylic acids is 4. The Morgan fingerprint density at radius 2 is 1.37 bits per heavy atom. The summed E-state index contributed by atoms with van der Waals surface area (Å²) in [5.41, 5.74) is 0. The molecular weight excluding hydrogens is 400 g/mol. The zero-order valence-corrected chi connectivity index (χ0v) is 18.0. The highest BCUT2D eigenvalue weighted by Gasteiger charge is 2.52. The van der Waals surface area contributed by atoms with Crippen LogP contribution in [0.25, 0.3) is 0 Å². The third kappa shape index (κ3) is 8.91. The minimum Gasteiger partial charge on any atom is -0.463 e. The topological polar surface area (TPSA) is 124 Å².